The van der Waals surface area contributed by atoms with Gasteiger partial charge in [-0.25, -0.2) is 0 Å². The van der Waals surface area contributed by atoms with E-state index in [0.717, 1.165) is 30.8 Å². The van der Waals surface area contributed by atoms with Crippen molar-refractivity contribution < 1.29 is 0 Å². The predicted octanol–water partition coefficient (Wildman–Crippen LogP) is 2.55. The van der Waals surface area contributed by atoms with Crippen LogP contribution in [-0.2, 0) is 6.42 Å². The summed E-state index contributed by atoms with van der Waals surface area (Å²) in [5, 5.41) is 0.782. The Morgan fingerprint density at radius 2 is 1.88 bits per heavy atom. The van der Waals surface area contributed by atoms with E-state index in [1.54, 1.807) is 0 Å². The molecule has 1 aromatic carbocycles. The fourth-order valence-electron chi connectivity index (χ4n) is 1.70. The van der Waals surface area contributed by atoms with Crippen LogP contribution in [0, 0.1) is 0 Å². The Kier molecular flexibility index (Phi) is 5.81. The zero-order chi connectivity index (χ0) is 12.0. The van der Waals surface area contributed by atoms with Crippen LogP contribution in [0.2, 0.25) is 5.02 Å². The van der Waals surface area contributed by atoms with Crippen molar-refractivity contribution in [2.75, 3.05) is 20.6 Å². The summed E-state index contributed by atoms with van der Waals surface area (Å²) in [6.07, 6.45) is 3.16. The van der Waals surface area contributed by atoms with Crippen molar-refractivity contribution in [3.63, 3.8) is 0 Å². The first kappa shape index (κ1) is 13.5. The number of benzene rings is 1. The Morgan fingerprint density at radius 3 is 2.44 bits per heavy atom. The zero-order valence-corrected chi connectivity index (χ0v) is 10.9. The molecule has 90 valence electrons. The molecule has 0 amide bonds. The molecule has 0 aliphatic rings. The smallest absolute Gasteiger partial charge is 0.0406 e. The molecule has 1 atom stereocenters. The number of nitrogens with two attached hydrogens (primary N) is 1. The van der Waals surface area contributed by atoms with Crippen LogP contribution in [-0.4, -0.2) is 31.6 Å². The fraction of sp³-hybridized carbons (Fsp3) is 0.538. The van der Waals surface area contributed by atoms with Gasteiger partial charge in [0, 0.05) is 11.1 Å². The van der Waals surface area contributed by atoms with E-state index in [9.17, 15) is 0 Å². The van der Waals surface area contributed by atoms with E-state index in [1.165, 1.54) is 5.56 Å². The van der Waals surface area contributed by atoms with E-state index in [-0.39, 0.29) is 6.04 Å². The highest BCUT2D eigenvalue weighted by Crippen LogP contribution is 2.11. The van der Waals surface area contributed by atoms with Gasteiger partial charge < -0.3 is 10.6 Å². The lowest BCUT2D eigenvalue weighted by molar-refractivity contribution is 0.384. The lowest BCUT2D eigenvalue weighted by Crippen LogP contribution is -2.24. The molecule has 0 bridgehead atoms. The van der Waals surface area contributed by atoms with Crippen LogP contribution in [0.15, 0.2) is 24.3 Å². The quantitative estimate of drug-likeness (QED) is 0.828. The highest BCUT2D eigenvalue weighted by molar-refractivity contribution is 6.30. The molecule has 0 saturated heterocycles. The highest BCUT2D eigenvalue weighted by Gasteiger charge is 2.04. The summed E-state index contributed by atoms with van der Waals surface area (Å²) in [5.74, 6) is 0. The van der Waals surface area contributed by atoms with E-state index in [4.69, 9.17) is 17.3 Å². The summed E-state index contributed by atoms with van der Waals surface area (Å²) in [6.45, 7) is 1.11. The van der Waals surface area contributed by atoms with Gasteiger partial charge in [-0.05, 0) is 57.6 Å². The van der Waals surface area contributed by atoms with Crippen LogP contribution in [0.25, 0.3) is 0 Å². The van der Waals surface area contributed by atoms with Crippen molar-refractivity contribution in [2.24, 2.45) is 5.73 Å². The standard InChI is InChI=1S/C13H21ClN2/c1-16(2)9-3-4-13(15)10-11-5-7-12(14)8-6-11/h5-8,13H,3-4,9-10,15H2,1-2H3. The molecule has 16 heavy (non-hydrogen) atoms. The number of hydrogen-bond acceptors (Lipinski definition) is 2. The third kappa shape index (κ3) is 5.50. The largest absolute Gasteiger partial charge is 0.327 e. The Hall–Kier alpha value is -0.570. The van der Waals surface area contributed by atoms with Gasteiger partial charge in [0.1, 0.15) is 0 Å². The lowest BCUT2D eigenvalue weighted by atomic mass is 10.0. The summed E-state index contributed by atoms with van der Waals surface area (Å²) in [6, 6.07) is 8.19. The molecule has 0 heterocycles. The lowest BCUT2D eigenvalue weighted by Gasteiger charge is -2.14. The van der Waals surface area contributed by atoms with Crippen molar-refractivity contribution >= 4 is 11.6 Å². The second-order valence-electron chi connectivity index (χ2n) is 4.54. The first-order valence-corrected chi connectivity index (χ1v) is 6.10. The Morgan fingerprint density at radius 1 is 1.25 bits per heavy atom. The molecule has 0 aliphatic carbocycles. The van der Waals surface area contributed by atoms with Crippen LogP contribution in [0.3, 0.4) is 0 Å². The van der Waals surface area contributed by atoms with E-state index >= 15 is 0 Å². The van der Waals surface area contributed by atoms with Crippen LogP contribution < -0.4 is 5.73 Å². The maximum absolute atomic E-state index is 6.08. The minimum absolute atomic E-state index is 0.251. The molecule has 3 heteroatoms. The Bertz CT molecular complexity index is 295. The van der Waals surface area contributed by atoms with E-state index in [2.05, 4.69) is 19.0 Å². The molecule has 0 saturated carbocycles. The molecule has 1 unspecified atom stereocenters. The van der Waals surface area contributed by atoms with Crippen LogP contribution >= 0.6 is 11.6 Å². The predicted molar refractivity (Wildman–Crippen MR) is 70.9 cm³/mol. The normalized spacial score (nSPS) is 13.1. The van der Waals surface area contributed by atoms with Crippen molar-refractivity contribution in [1.29, 1.82) is 0 Å². The summed E-state index contributed by atoms with van der Waals surface area (Å²) in [4.78, 5) is 2.19. The number of halogens is 1. The van der Waals surface area contributed by atoms with Gasteiger partial charge in [0.25, 0.3) is 0 Å². The summed E-state index contributed by atoms with van der Waals surface area (Å²) in [5.41, 5.74) is 7.34. The molecule has 0 aromatic heterocycles. The molecule has 2 nitrogen and oxygen atoms in total. The van der Waals surface area contributed by atoms with Crippen molar-refractivity contribution in [3.8, 4) is 0 Å². The fourth-order valence-corrected chi connectivity index (χ4v) is 1.82. The van der Waals surface area contributed by atoms with Gasteiger partial charge in [0.2, 0.25) is 0 Å². The van der Waals surface area contributed by atoms with Gasteiger partial charge >= 0.3 is 0 Å². The molecule has 0 radical (unpaired) electrons. The molecular weight excluding hydrogens is 220 g/mol. The molecule has 1 rings (SSSR count). The first-order valence-electron chi connectivity index (χ1n) is 5.72. The van der Waals surface area contributed by atoms with Gasteiger partial charge in [-0.1, -0.05) is 23.7 Å². The second kappa shape index (κ2) is 6.89. The number of rotatable bonds is 6. The van der Waals surface area contributed by atoms with Crippen molar-refractivity contribution in [2.45, 2.75) is 25.3 Å². The number of nitrogens with zero attached hydrogens (tertiary/aromatic N) is 1. The minimum atomic E-state index is 0.251. The van der Waals surface area contributed by atoms with Crippen molar-refractivity contribution in [3.05, 3.63) is 34.9 Å². The third-order valence-electron chi connectivity index (χ3n) is 2.59. The van der Waals surface area contributed by atoms with Crippen LogP contribution in [0.1, 0.15) is 18.4 Å². The van der Waals surface area contributed by atoms with Gasteiger partial charge in [-0.15, -0.1) is 0 Å². The summed E-state index contributed by atoms with van der Waals surface area (Å²) < 4.78 is 0. The molecule has 1 aromatic rings. The van der Waals surface area contributed by atoms with Gasteiger partial charge in [-0.3, -0.25) is 0 Å². The summed E-state index contributed by atoms with van der Waals surface area (Å²) >= 11 is 5.83. The number of hydrogen-bond donors (Lipinski definition) is 1. The molecular formula is C13H21ClN2. The van der Waals surface area contributed by atoms with E-state index in [0.29, 0.717) is 0 Å². The average Bonchev–Trinajstić information content (AvgIpc) is 2.21. The Labute approximate surface area is 103 Å². The molecule has 0 aliphatic heterocycles. The molecule has 0 fully saturated rings. The zero-order valence-electron chi connectivity index (χ0n) is 10.1. The second-order valence-corrected chi connectivity index (χ2v) is 4.97. The van der Waals surface area contributed by atoms with E-state index in [1.807, 2.05) is 24.3 Å². The maximum atomic E-state index is 6.08. The SMILES string of the molecule is CN(C)CCCC(N)Cc1ccc(Cl)cc1. The van der Waals surface area contributed by atoms with Gasteiger partial charge in [0.15, 0.2) is 0 Å². The van der Waals surface area contributed by atoms with Gasteiger partial charge in [0.05, 0.1) is 0 Å². The molecule has 2 N–H and O–H groups in total. The third-order valence-corrected chi connectivity index (χ3v) is 2.84. The minimum Gasteiger partial charge on any atom is -0.327 e. The van der Waals surface area contributed by atoms with E-state index < -0.39 is 0 Å². The molecule has 0 spiro atoms. The van der Waals surface area contributed by atoms with Crippen LogP contribution in [0.4, 0.5) is 0 Å². The highest BCUT2D eigenvalue weighted by atomic mass is 35.5. The topological polar surface area (TPSA) is 29.3 Å². The van der Waals surface area contributed by atoms with Crippen molar-refractivity contribution in [1.82, 2.24) is 4.90 Å². The first-order chi connectivity index (χ1) is 7.58. The monoisotopic (exact) mass is 240 g/mol. The average molecular weight is 241 g/mol. The maximum Gasteiger partial charge on any atom is 0.0406 e. The Balaban J connectivity index is 2.28. The summed E-state index contributed by atoms with van der Waals surface area (Å²) in [7, 11) is 4.18. The van der Waals surface area contributed by atoms with Crippen LogP contribution in [0.5, 0.6) is 0 Å². The van der Waals surface area contributed by atoms with Gasteiger partial charge in [-0.2, -0.15) is 0 Å².